The molecule has 116 valence electrons. The third-order valence-electron chi connectivity index (χ3n) is 3.19. The van der Waals surface area contributed by atoms with E-state index in [1.807, 2.05) is 4.90 Å². The molecule has 1 aliphatic rings. The molecule has 3 N–H and O–H groups in total. The second-order valence-electron chi connectivity index (χ2n) is 5.98. The number of carbonyl (C=O) groups excluding carboxylic acids is 1. The van der Waals surface area contributed by atoms with Gasteiger partial charge in [-0.2, -0.15) is 0 Å². The van der Waals surface area contributed by atoms with Gasteiger partial charge in [-0.3, -0.25) is 14.6 Å². The van der Waals surface area contributed by atoms with Crippen molar-refractivity contribution in [2.24, 2.45) is 0 Å². The number of hydrogen-bond donors (Lipinski definition) is 3. The fraction of sp³-hybridized carbons (Fsp3) is 0.846. The van der Waals surface area contributed by atoms with Gasteiger partial charge in [0.05, 0.1) is 5.60 Å². The van der Waals surface area contributed by atoms with E-state index in [1.165, 1.54) is 6.92 Å². The normalized spacial score (nSPS) is 19.6. The van der Waals surface area contributed by atoms with Crippen molar-refractivity contribution in [2.45, 2.75) is 32.4 Å². The molecule has 0 radical (unpaired) electrons. The summed E-state index contributed by atoms with van der Waals surface area (Å²) in [5.74, 6) is -1.35. The van der Waals surface area contributed by atoms with Gasteiger partial charge in [0.1, 0.15) is 6.04 Å². The van der Waals surface area contributed by atoms with E-state index >= 15 is 0 Å². The Morgan fingerprint density at radius 1 is 1.20 bits per heavy atom. The molecular weight excluding hydrogens is 262 g/mol. The minimum Gasteiger partial charge on any atom is -0.480 e. The van der Waals surface area contributed by atoms with E-state index in [4.69, 9.17) is 5.11 Å². The van der Waals surface area contributed by atoms with Gasteiger partial charge in [0.25, 0.3) is 0 Å². The van der Waals surface area contributed by atoms with Gasteiger partial charge < -0.3 is 15.5 Å². The lowest BCUT2D eigenvalue weighted by Crippen LogP contribution is -2.55. The lowest BCUT2D eigenvalue weighted by Gasteiger charge is -2.38. The summed E-state index contributed by atoms with van der Waals surface area (Å²) in [6, 6.07) is -0.867. The molecule has 7 nitrogen and oxygen atoms in total. The van der Waals surface area contributed by atoms with Crippen LogP contribution in [0.25, 0.3) is 0 Å². The van der Waals surface area contributed by atoms with Crippen LogP contribution in [-0.4, -0.2) is 82.8 Å². The van der Waals surface area contributed by atoms with E-state index in [1.54, 1.807) is 13.8 Å². The zero-order chi connectivity index (χ0) is 15.3. The van der Waals surface area contributed by atoms with E-state index < -0.39 is 17.6 Å². The zero-order valence-electron chi connectivity index (χ0n) is 12.4. The minimum absolute atomic E-state index is 0.311. The van der Waals surface area contributed by atoms with Gasteiger partial charge in [0.2, 0.25) is 5.91 Å². The van der Waals surface area contributed by atoms with Gasteiger partial charge in [-0.05, 0) is 13.8 Å². The largest absolute Gasteiger partial charge is 0.480 e. The van der Waals surface area contributed by atoms with Crippen LogP contribution in [0.4, 0.5) is 0 Å². The van der Waals surface area contributed by atoms with Crippen LogP contribution < -0.4 is 5.32 Å². The summed E-state index contributed by atoms with van der Waals surface area (Å²) in [6.07, 6.45) is 0. The van der Waals surface area contributed by atoms with Gasteiger partial charge in [-0.25, -0.2) is 4.79 Å². The number of nitrogens with zero attached hydrogens (tertiary/aromatic N) is 2. The quantitative estimate of drug-likeness (QED) is 0.578. The predicted octanol–water partition coefficient (Wildman–Crippen LogP) is -1.04. The molecule has 0 aliphatic carbocycles. The van der Waals surface area contributed by atoms with Crippen LogP contribution in [0.2, 0.25) is 0 Å². The van der Waals surface area contributed by atoms with Crippen molar-refractivity contribution < 1.29 is 19.8 Å². The first-order valence-corrected chi connectivity index (χ1v) is 6.84. The molecular formula is C13H25N3O4. The molecule has 1 heterocycles. The van der Waals surface area contributed by atoms with E-state index in [9.17, 15) is 14.7 Å². The lowest BCUT2D eigenvalue weighted by molar-refractivity contribution is -0.142. The zero-order valence-corrected chi connectivity index (χ0v) is 12.4. The summed E-state index contributed by atoms with van der Waals surface area (Å²) in [4.78, 5) is 26.2. The van der Waals surface area contributed by atoms with Gasteiger partial charge in [0, 0.05) is 46.2 Å². The van der Waals surface area contributed by atoms with Crippen molar-refractivity contribution >= 4 is 11.9 Å². The van der Waals surface area contributed by atoms with Crippen LogP contribution in [0.15, 0.2) is 0 Å². The van der Waals surface area contributed by atoms with Crippen molar-refractivity contribution in [1.29, 1.82) is 0 Å². The molecule has 0 bridgehead atoms. The highest BCUT2D eigenvalue weighted by Crippen LogP contribution is 2.09. The summed E-state index contributed by atoms with van der Waals surface area (Å²) < 4.78 is 0. The first kappa shape index (κ1) is 16.9. The Balaban J connectivity index is 2.40. The van der Waals surface area contributed by atoms with Gasteiger partial charge in [-0.1, -0.05) is 0 Å². The van der Waals surface area contributed by atoms with Gasteiger partial charge in [0.15, 0.2) is 0 Å². The molecule has 1 atom stereocenters. The smallest absolute Gasteiger partial charge is 0.327 e. The molecule has 7 heteroatoms. The summed E-state index contributed by atoms with van der Waals surface area (Å²) in [6.45, 7) is 8.83. The monoisotopic (exact) mass is 287 g/mol. The lowest BCUT2D eigenvalue weighted by atomic mass is 10.1. The Morgan fingerprint density at radius 3 is 2.10 bits per heavy atom. The van der Waals surface area contributed by atoms with E-state index in [0.717, 1.165) is 26.2 Å². The maximum atomic E-state index is 11.1. The van der Waals surface area contributed by atoms with E-state index in [2.05, 4.69) is 10.2 Å². The molecule has 20 heavy (non-hydrogen) atoms. The topological polar surface area (TPSA) is 93.1 Å². The number of carboxylic acid groups (broad SMARTS) is 1. The standard InChI is InChI=1S/C13H25N3O4/c1-10(17)14-11(12(18)19)8-15-4-6-16(7-5-15)9-13(2,3)20/h11,20H,4-9H2,1-3H3,(H,14,17)(H,18,19). The fourth-order valence-electron chi connectivity index (χ4n) is 2.37. The second kappa shape index (κ2) is 7.01. The van der Waals surface area contributed by atoms with Crippen LogP contribution in [0.1, 0.15) is 20.8 Å². The van der Waals surface area contributed by atoms with Crippen molar-refractivity contribution in [3.8, 4) is 0 Å². The summed E-state index contributed by atoms with van der Waals surface area (Å²) >= 11 is 0. The Kier molecular flexibility index (Phi) is 5.91. The number of aliphatic carboxylic acids is 1. The maximum Gasteiger partial charge on any atom is 0.327 e. The number of carbonyl (C=O) groups is 2. The molecule has 1 aliphatic heterocycles. The van der Waals surface area contributed by atoms with Gasteiger partial charge >= 0.3 is 5.97 Å². The number of amides is 1. The maximum absolute atomic E-state index is 11.1. The SMILES string of the molecule is CC(=O)NC(CN1CCN(CC(C)(C)O)CC1)C(=O)O. The van der Waals surface area contributed by atoms with Crippen molar-refractivity contribution in [3.05, 3.63) is 0 Å². The Bertz CT molecular complexity index is 346. The number of piperazine rings is 1. The second-order valence-corrected chi connectivity index (χ2v) is 5.98. The summed E-state index contributed by atoms with van der Waals surface area (Å²) in [7, 11) is 0. The predicted molar refractivity (Wildman–Crippen MR) is 74.4 cm³/mol. The first-order valence-electron chi connectivity index (χ1n) is 6.84. The molecule has 0 aromatic carbocycles. The number of aliphatic hydroxyl groups is 1. The number of rotatable bonds is 6. The number of carboxylic acids is 1. The molecule has 0 saturated carbocycles. The van der Waals surface area contributed by atoms with Crippen LogP contribution >= 0.6 is 0 Å². The van der Waals surface area contributed by atoms with Crippen molar-refractivity contribution in [3.63, 3.8) is 0 Å². The third-order valence-corrected chi connectivity index (χ3v) is 3.19. The van der Waals surface area contributed by atoms with Crippen LogP contribution in [0.5, 0.6) is 0 Å². The molecule has 1 rings (SSSR count). The Labute approximate surface area is 119 Å². The molecule has 1 unspecified atom stereocenters. The molecule has 0 aromatic heterocycles. The number of nitrogens with one attached hydrogen (secondary N) is 1. The summed E-state index contributed by atoms with van der Waals surface area (Å²) in [5, 5.41) is 21.3. The van der Waals surface area contributed by atoms with Crippen LogP contribution in [-0.2, 0) is 9.59 Å². The highest BCUT2D eigenvalue weighted by molar-refractivity contribution is 5.82. The first-order chi connectivity index (χ1) is 9.17. The molecule has 1 fully saturated rings. The Morgan fingerprint density at radius 2 is 1.70 bits per heavy atom. The molecule has 0 aromatic rings. The van der Waals surface area contributed by atoms with Crippen molar-refractivity contribution in [2.75, 3.05) is 39.3 Å². The average Bonchev–Trinajstić information content (AvgIpc) is 2.28. The van der Waals surface area contributed by atoms with E-state index in [-0.39, 0.29) is 5.91 Å². The Hall–Kier alpha value is -1.18. The molecule has 1 amide bonds. The van der Waals surface area contributed by atoms with Crippen LogP contribution in [0.3, 0.4) is 0 Å². The highest BCUT2D eigenvalue weighted by atomic mass is 16.4. The number of β-amino-alcohol motifs (C(OH)–C–C–N with tert-alkyl or cyclic N) is 1. The fourth-order valence-corrected chi connectivity index (χ4v) is 2.37. The molecule has 0 spiro atoms. The third kappa shape index (κ3) is 6.31. The van der Waals surface area contributed by atoms with Crippen molar-refractivity contribution in [1.82, 2.24) is 15.1 Å². The average molecular weight is 287 g/mol. The highest BCUT2D eigenvalue weighted by Gasteiger charge is 2.26. The minimum atomic E-state index is -1.01. The van der Waals surface area contributed by atoms with E-state index in [0.29, 0.717) is 13.1 Å². The number of hydrogen-bond acceptors (Lipinski definition) is 5. The van der Waals surface area contributed by atoms with Crippen LogP contribution in [0, 0.1) is 0 Å². The molecule has 1 saturated heterocycles. The summed E-state index contributed by atoms with van der Waals surface area (Å²) in [5.41, 5.74) is -0.720. The van der Waals surface area contributed by atoms with Gasteiger partial charge in [-0.15, -0.1) is 0 Å².